The van der Waals surface area contributed by atoms with Crippen LogP contribution in [-0.2, 0) is 21.4 Å². The van der Waals surface area contributed by atoms with E-state index >= 15 is 0 Å². The van der Waals surface area contributed by atoms with Gasteiger partial charge in [0.25, 0.3) is 11.5 Å². The van der Waals surface area contributed by atoms with E-state index in [4.69, 9.17) is 4.74 Å². The number of hydrogen-bond acceptors (Lipinski definition) is 7. The highest BCUT2D eigenvalue weighted by atomic mass is 32.1. The Morgan fingerprint density at radius 1 is 1.22 bits per heavy atom. The van der Waals surface area contributed by atoms with Crippen LogP contribution < -0.4 is 20.2 Å². The third kappa shape index (κ3) is 2.72. The number of aromatic nitrogens is 3. The van der Waals surface area contributed by atoms with Gasteiger partial charge in [0.1, 0.15) is 10.6 Å². The van der Waals surface area contributed by atoms with Gasteiger partial charge >= 0.3 is 5.97 Å². The minimum absolute atomic E-state index is 0.267. The number of rotatable bonds is 2. The van der Waals surface area contributed by atoms with E-state index in [1.807, 2.05) is 19.1 Å². The first kappa shape index (κ1) is 20.1. The van der Waals surface area contributed by atoms with E-state index in [0.29, 0.717) is 32.9 Å². The van der Waals surface area contributed by atoms with Gasteiger partial charge in [-0.05, 0) is 19.9 Å². The number of fused-ring (bicyclic) bond motifs is 2. The number of hydrogen-bond donors (Lipinski definition) is 1. The van der Waals surface area contributed by atoms with Gasteiger partial charge in [0, 0.05) is 29.6 Å². The van der Waals surface area contributed by atoms with Gasteiger partial charge in [0.2, 0.25) is 0 Å². The summed E-state index contributed by atoms with van der Waals surface area (Å²) in [5, 5.41) is 7.10. The van der Waals surface area contributed by atoms with Crippen molar-refractivity contribution in [2.45, 2.75) is 19.9 Å². The molecular formula is C22H19N5O4S. The van der Waals surface area contributed by atoms with E-state index in [1.54, 1.807) is 37.0 Å². The molecule has 2 aliphatic heterocycles. The fourth-order valence-corrected chi connectivity index (χ4v) is 5.31. The van der Waals surface area contributed by atoms with E-state index in [0.717, 1.165) is 17.0 Å². The number of anilines is 1. The molecule has 3 aromatic rings. The van der Waals surface area contributed by atoms with Crippen molar-refractivity contribution in [1.29, 1.82) is 0 Å². The Morgan fingerprint density at radius 2 is 1.97 bits per heavy atom. The fraction of sp³-hybridized carbons (Fsp3) is 0.227. The van der Waals surface area contributed by atoms with Crippen LogP contribution in [0.15, 0.2) is 51.5 Å². The number of para-hydroxylation sites is 1. The highest BCUT2D eigenvalue weighted by Gasteiger charge is 2.36. The molecule has 32 heavy (non-hydrogen) atoms. The summed E-state index contributed by atoms with van der Waals surface area (Å²) < 4.78 is 8.43. The lowest BCUT2D eigenvalue weighted by atomic mass is 9.96. The monoisotopic (exact) mass is 449 g/mol. The molecule has 1 amide bonds. The molecule has 0 fully saturated rings. The average molecular weight is 449 g/mol. The number of amides is 1. The number of nitrogens with zero attached hydrogens (tertiary/aromatic N) is 4. The zero-order valence-electron chi connectivity index (χ0n) is 17.8. The van der Waals surface area contributed by atoms with Gasteiger partial charge in [-0.1, -0.05) is 29.5 Å². The molecule has 0 radical (unpaired) electrons. The quantitative estimate of drug-likeness (QED) is 0.582. The number of methoxy groups -OCH3 is 1. The van der Waals surface area contributed by atoms with Crippen molar-refractivity contribution in [2.75, 3.05) is 12.4 Å². The van der Waals surface area contributed by atoms with Crippen molar-refractivity contribution in [3.63, 3.8) is 0 Å². The molecule has 1 aromatic carbocycles. The van der Waals surface area contributed by atoms with Crippen LogP contribution in [0.4, 0.5) is 5.69 Å². The third-order valence-electron chi connectivity index (χ3n) is 5.87. The smallest absolute Gasteiger partial charge is 0.338 e. The number of allylic oxidation sites excluding steroid dienone is 1. The average Bonchev–Trinajstić information content (AvgIpc) is 3.39. The SMILES string of the molecule is COC(=O)C1=C(C)N=c2s/c(=C3\C(=O)Nc4ccccc43)c(=O)n2[C@@H]1c1cnn(C)c1C. The Hall–Kier alpha value is -3.79. The second-order valence-corrected chi connectivity index (χ2v) is 8.56. The summed E-state index contributed by atoms with van der Waals surface area (Å²) in [6.07, 6.45) is 1.64. The van der Waals surface area contributed by atoms with Gasteiger partial charge in [-0.15, -0.1) is 0 Å². The molecule has 0 bridgehead atoms. The summed E-state index contributed by atoms with van der Waals surface area (Å²) in [6, 6.07) is 6.47. The van der Waals surface area contributed by atoms with Crippen molar-refractivity contribution in [3.05, 3.63) is 78.2 Å². The van der Waals surface area contributed by atoms with E-state index in [9.17, 15) is 14.4 Å². The van der Waals surface area contributed by atoms with Gasteiger partial charge in [0.05, 0.1) is 30.1 Å². The van der Waals surface area contributed by atoms with Crippen LogP contribution in [0.2, 0.25) is 0 Å². The maximum Gasteiger partial charge on any atom is 0.338 e. The predicted molar refractivity (Wildman–Crippen MR) is 118 cm³/mol. The summed E-state index contributed by atoms with van der Waals surface area (Å²) in [6.45, 7) is 3.58. The van der Waals surface area contributed by atoms with Crippen LogP contribution in [0.3, 0.4) is 0 Å². The fourth-order valence-electron chi connectivity index (χ4n) is 4.16. The number of benzene rings is 1. The molecule has 1 atom stereocenters. The highest BCUT2D eigenvalue weighted by molar-refractivity contribution is 7.07. The molecule has 10 heteroatoms. The van der Waals surface area contributed by atoms with E-state index < -0.39 is 17.6 Å². The first-order chi connectivity index (χ1) is 15.3. The lowest BCUT2D eigenvalue weighted by molar-refractivity contribution is -0.136. The van der Waals surface area contributed by atoms with Gasteiger partial charge in [-0.3, -0.25) is 18.8 Å². The molecule has 2 aliphatic rings. The Labute approximate surface area is 186 Å². The highest BCUT2D eigenvalue weighted by Crippen LogP contribution is 2.33. The zero-order chi connectivity index (χ0) is 22.7. The molecule has 4 heterocycles. The Morgan fingerprint density at radius 3 is 2.66 bits per heavy atom. The first-order valence-electron chi connectivity index (χ1n) is 9.86. The van der Waals surface area contributed by atoms with Gasteiger partial charge in [0.15, 0.2) is 4.80 Å². The topological polar surface area (TPSA) is 108 Å². The number of aryl methyl sites for hydroxylation is 1. The van der Waals surface area contributed by atoms with Crippen LogP contribution in [0, 0.1) is 6.92 Å². The summed E-state index contributed by atoms with van der Waals surface area (Å²) in [5.74, 6) is -0.907. The van der Waals surface area contributed by atoms with Crippen LogP contribution in [0.25, 0.3) is 5.57 Å². The molecule has 1 N–H and O–H groups in total. The number of ether oxygens (including phenoxy) is 1. The second kappa shape index (κ2) is 7.13. The van der Waals surface area contributed by atoms with Crippen LogP contribution in [0.5, 0.6) is 0 Å². The number of thiazole rings is 1. The van der Waals surface area contributed by atoms with Crippen molar-refractivity contribution < 1.29 is 14.3 Å². The molecule has 0 aliphatic carbocycles. The third-order valence-corrected chi connectivity index (χ3v) is 6.92. The molecule has 162 valence electrons. The molecule has 5 rings (SSSR count). The zero-order valence-corrected chi connectivity index (χ0v) is 18.6. The standard InChI is InChI=1S/C22H19N5O4S/c1-10-15(21(30)31-4)17(13-9-23-26(3)11(13)2)27-20(29)18(32-22(27)24-10)16-12-7-5-6-8-14(12)25-19(16)28/h5-9,17H,1-4H3,(H,25,28)/b18-16-/t17-/m1/s1. The lowest BCUT2D eigenvalue weighted by Crippen LogP contribution is -2.40. The molecule has 0 saturated heterocycles. The molecule has 0 saturated carbocycles. The minimum Gasteiger partial charge on any atom is -0.466 e. The largest absolute Gasteiger partial charge is 0.466 e. The van der Waals surface area contributed by atoms with E-state index in [1.165, 1.54) is 11.7 Å². The normalized spacial score (nSPS) is 18.8. The maximum absolute atomic E-state index is 13.7. The Bertz CT molecular complexity index is 1540. The minimum atomic E-state index is -0.763. The Balaban J connectivity index is 1.87. The van der Waals surface area contributed by atoms with Crippen molar-refractivity contribution >= 4 is 34.5 Å². The maximum atomic E-state index is 13.7. The first-order valence-corrected chi connectivity index (χ1v) is 10.7. The summed E-state index contributed by atoms with van der Waals surface area (Å²) >= 11 is 1.14. The summed E-state index contributed by atoms with van der Waals surface area (Å²) in [7, 11) is 3.08. The second-order valence-electron chi connectivity index (χ2n) is 7.58. The van der Waals surface area contributed by atoms with Crippen LogP contribution >= 0.6 is 11.3 Å². The number of carbonyl (C=O) groups is 2. The van der Waals surface area contributed by atoms with Gasteiger partial charge in [-0.25, -0.2) is 9.79 Å². The number of carbonyl (C=O) groups excluding carboxylic acids is 2. The number of esters is 1. The van der Waals surface area contributed by atoms with Crippen molar-refractivity contribution in [3.8, 4) is 0 Å². The molecule has 0 unspecified atom stereocenters. The number of nitrogens with one attached hydrogen (secondary N) is 1. The van der Waals surface area contributed by atoms with Crippen LogP contribution in [0.1, 0.15) is 29.8 Å². The molecular weight excluding hydrogens is 430 g/mol. The lowest BCUT2D eigenvalue weighted by Gasteiger charge is -2.23. The van der Waals surface area contributed by atoms with E-state index in [-0.39, 0.29) is 16.0 Å². The predicted octanol–water partition coefficient (Wildman–Crippen LogP) is 0.772. The van der Waals surface area contributed by atoms with Crippen molar-refractivity contribution in [1.82, 2.24) is 14.3 Å². The van der Waals surface area contributed by atoms with Crippen molar-refractivity contribution in [2.24, 2.45) is 12.0 Å². The molecule has 0 spiro atoms. The summed E-state index contributed by atoms with van der Waals surface area (Å²) in [4.78, 5) is 44.2. The molecule has 2 aromatic heterocycles. The molecule has 9 nitrogen and oxygen atoms in total. The van der Waals surface area contributed by atoms with Gasteiger partial charge < -0.3 is 10.1 Å². The van der Waals surface area contributed by atoms with Crippen LogP contribution in [-0.4, -0.2) is 33.3 Å². The van der Waals surface area contributed by atoms with E-state index in [2.05, 4.69) is 15.4 Å². The Kier molecular flexibility index (Phi) is 4.48. The van der Waals surface area contributed by atoms with Gasteiger partial charge in [-0.2, -0.15) is 5.10 Å². The summed E-state index contributed by atoms with van der Waals surface area (Å²) in [5.41, 5.74) is 3.46.